The molecule has 0 bridgehead atoms. The molecule has 2 heterocycles. The van der Waals surface area contributed by atoms with Gasteiger partial charge in [0.25, 0.3) is 0 Å². The van der Waals surface area contributed by atoms with Crippen molar-refractivity contribution in [1.29, 1.82) is 0 Å². The highest BCUT2D eigenvalue weighted by atomic mass is 16.6. The first-order chi connectivity index (χ1) is 14.8. The Morgan fingerprint density at radius 1 is 0.968 bits per heavy atom. The molecule has 7 heteroatoms. The normalized spacial score (nSPS) is 20.5. The highest BCUT2D eigenvalue weighted by Crippen LogP contribution is 2.23. The second-order valence-corrected chi connectivity index (χ2v) is 9.84. The predicted octanol–water partition coefficient (Wildman–Crippen LogP) is 2.87. The maximum atomic E-state index is 12.4. The van der Waals surface area contributed by atoms with E-state index in [0.29, 0.717) is 24.9 Å². The van der Waals surface area contributed by atoms with Crippen molar-refractivity contribution in [3.8, 4) is 0 Å². The number of carbonyl (C=O) groups is 2. The molecule has 1 unspecified atom stereocenters. The van der Waals surface area contributed by atoms with Crippen LogP contribution in [0.3, 0.4) is 0 Å². The van der Waals surface area contributed by atoms with E-state index in [-0.39, 0.29) is 12.0 Å². The molecular formula is C24H38N4O3. The third kappa shape index (κ3) is 8.05. The summed E-state index contributed by atoms with van der Waals surface area (Å²) in [5.41, 5.74) is 0.791. The third-order valence-electron chi connectivity index (χ3n) is 6.00. The van der Waals surface area contributed by atoms with E-state index in [0.717, 1.165) is 52.0 Å². The summed E-state index contributed by atoms with van der Waals surface area (Å²) in [6.45, 7) is 11.3. The summed E-state index contributed by atoms with van der Waals surface area (Å²) in [6.07, 6.45) is 2.73. The number of rotatable bonds is 7. The second-order valence-electron chi connectivity index (χ2n) is 9.84. The number of alkyl carbamates (subject to hydrolysis) is 1. The molecule has 1 atom stereocenters. The highest BCUT2D eigenvalue weighted by Gasteiger charge is 2.25. The van der Waals surface area contributed by atoms with Crippen LogP contribution in [-0.2, 0) is 9.53 Å². The molecule has 7 nitrogen and oxygen atoms in total. The van der Waals surface area contributed by atoms with Gasteiger partial charge in [0.15, 0.2) is 0 Å². The molecule has 2 fully saturated rings. The van der Waals surface area contributed by atoms with Gasteiger partial charge in [0.05, 0.1) is 6.54 Å². The number of likely N-dealkylation sites (tertiary alicyclic amines) is 1. The van der Waals surface area contributed by atoms with E-state index in [4.69, 9.17) is 4.74 Å². The lowest BCUT2D eigenvalue weighted by Crippen LogP contribution is -2.44. The van der Waals surface area contributed by atoms with Crippen LogP contribution < -0.4 is 15.5 Å². The number of amides is 2. The molecule has 0 aliphatic carbocycles. The Labute approximate surface area is 186 Å². The minimum absolute atomic E-state index is 0.114. The molecule has 1 aromatic rings. The summed E-state index contributed by atoms with van der Waals surface area (Å²) in [5, 5.41) is 6.00. The van der Waals surface area contributed by atoms with E-state index in [2.05, 4.69) is 44.7 Å². The van der Waals surface area contributed by atoms with Gasteiger partial charge in [-0.1, -0.05) is 18.2 Å². The smallest absolute Gasteiger partial charge is 0.407 e. The summed E-state index contributed by atoms with van der Waals surface area (Å²) < 4.78 is 5.29. The lowest BCUT2D eigenvalue weighted by Gasteiger charge is -2.31. The minimum Gasteiger partial charge on any atom is -0.444 e. The van der Waals surface area contributed by atoms with E-state index in [1.165, 1.54) is 5.69 Å². The summed E-state index contributed by atoms with van der Waals surface area (Å²) in [7, 11) is 0. The molecule has 2 amide bonds. The van der Waals surface area contributed by atoms with Crippen molar-refractivity contribution in [2.45, 2.75) is 45.6 Å². The fraction of sp³-hybridized carbons (Fsp3) is 0.667. The summed E-state index contributed by atoms with van der Waals surface area (Å²) in [5.74, 6) is 1.06. The summed E-state index contributed by atoms with van der Waals surface area (Å²) in [4.78, 5) is 28.8. The summed E-state index contributed by atoms with van der Waals surface area (Å²) >= 11 is 0. The van der Waals surface area contributed by atoms with Gasteiger partial charge in [-0.3, -0.25) is 9.69 Å². The average Bonchev–Trinajstić information content (AvgIpc) is 3.20. The van der Waals surface area contributed by atoms with E-state index < -0.39 is 5.60 Å². The molecule has 0 saturated carbocycles. The predicted molar refractivity (Wildman–Crippen MR) is 123 cm³/mol. The van der Waals surface area contributed by atoms with Crippen LogP contribution in [0.5, 0.6) is 0 Å². The standard InChI is InChI=1S/C24H38N4O3/c1-24(2,3)31-23(30)26-15-19-9-12-27(13-10-19)18-22(29)25-16-20-11-14-28(17-20)21-7-5-4-6-8-21/h4-8,19-20H,9-18H2,1-3H3,(H,25,29)(H,26,30). The van der Waals surface area contributed by atoms with Crippen molar-refractivity contribution in [2.24, 2.45) is 11.8 Å². The Hall–Kier alpha value is -2.28. The number of carbonyl (C=O) groups excluding carboxylic acids is 2. The van der Waals surface area contributed by atoms with Crippen LogP contribution >= 0.6 is 0 Å². The SMILES string of the molecule is CC(C)(C)OC(=O)NCC1CCN(CC(=O)NCC2CCN(c3ccccc3)C2)CC1. The monoisotopic (exact) mass is 430 g/mol. The van der Waals surface area contributed by atoms with Gasteiger partial charge in [0, 0.05) is 31.9 Å². The molecule has 172 valence electrons. The van der Waals surface area contributed by atoms with E-state index >= 15 is 0 Å². The quantitative estimate of drug-likeness (QED) is 0.696. The van der Waals surface area contributed by atoms with Crippen molar-refractivity contribution < 1.29 is 14.3 Å². The third-order valence-corrected chi connectivity index (χ3v) is 6.00. The highest BCUT2D eigenvalue weighted by molar-refractivity contribution is 5.78. The minimum atomic E-state index is -0.473. The lowest BCUT2D eigenvalue weighted by molar-refractivity contribution is -0.122. The number of hydrogen-bond acceptors (Lipinski definition) is 5. The van der Waals surface area contributed by atoms with Crippen LogP contribution in [-0.4, -0.2) is 68.3 Å². The number of benzene rings is 1. The molecule has 2 aliphatic rings. The summed E-state index contributed by atoms with van der Waals surface area (Å²) in [6, 6.07) is 10.5. The Bertz CT molecular complexity index is 711. The fourth-order valence-electron chi connectivity index (χ4n) is 4.28. The van der Waals surface area contributed by atoms with Crippen molar-refractivity contribution in [2.75, 3.05) is 50.7 Å². The molecule has 2 saturated heterocycles. The van der Waals surface area contributed by atoms with Crippen LogP contribution in [0.4, 0.5) is 10.5 Å². The Morgan fingerprint density at radius 2 is 1.61 bits per heavy atom. The fourth-order valence-corrected chi connectivity index (χ4v) is 4.28. The largest absolute Gasteiger partial charge is 0.444 e. The van der Waals surface area contributed by atoms with E-state index in [9.17, 15) is 9.59 Å². The molecule has 0 radical (unpaired) electrons. The molecule has 3 rings (SSSR count). The maximum absolute atomic E-state index is 12.4. The first-order valence-electron chi connectivity index (χ1n) is 11.5. The van der Waals surface area contributed by atoms with Gasteiger partial charge < -0.3 is 20.3 Å². The number of hydrogen-bond donors (Lipinski definition) is 2. The first kappa shape index (κ1) is 23.4. The van der Waals surface area contributed by atoms with Crippen molar-refractivity contribution in [1.82, 2.24) is 15.5 Å². The topological polar surface area (TPSA) is 73.9 Å². The molecule has 31 heavy (non-hydrogen) atoms. The number of nitrogens with zero attached hydrogens (tertiary/aromatic N) is 2. The van der Waals surface area contributed by atoms with Crippen molar-refractivity contribution in [3.63, 3.8) is 0 Å². The van der Waals surface area contributed by atoms with Crippen LogP contribution in [0, 0.1) is 11.8 Å². The van der Waals surface area contributed by atoms with Gasteiger partial charge in [-0.2, -0.15) is 0 Å². The first-order valence-corrected chi connectivity index (χ1v) is 11.5. The number of nitrogens with one attached hydrogen (secondary N) is 2. The van der Waals surface area contributed by atoms with Crippen LogP contribution in [0.15, 0.2) is 30.3 Å². The van der Waals surface area contributed by atoms with Gasteiger partial charge in [-0.15, -0.1) is 0 Å². The van der Waals surface area contributed by atoms with Crippen LogP contribution in [0.1, 0.15) is 40.0 Å². The lowest BCUT2D eigenvalue weighted by atomic mass is 9.97. The number of anilines is 1. The van der Waals surface area contributed by atoms with Crippen LogP contribution in [0.2, 0.25) is 0 Å². The van der Waals surface area contributed by atoms with Crippen LogP contribution in [0.25, 0.3) is 0 Å². The van der Waals surface area contributed by atoms with E-state index in [1.807, 2.05) is 26.8 Å². The zero-order valence-electron chi connectivity index (χ0n) is 19.2. The molecule has 0 aromatic heterocycles. The Balaban J connectivity index is 1.28. The second kappa shape index (κ2) is 10.8. The Morgan fingerprint density at radius 3 is 2.29 bits per heavy atom. The molecule has 0 spiro atoms. The molecule has 2 aliphatic heterocycles. The average molecular weight is 431 g/mol. The maximum Gasteiger partial charge on any atom is 0.407 e. The zero-order chi connectivity index (χ0) is 22.3. The van der Waals surface area contributed by atoms with Gasteiger partial charge in [0.2, 0.25) is 5.91 Å². The number of ether oxygens (including phenoxy) is 1. The van der Waals surface area contributed by atoms with E-state index in [1.54, 1.807) is 0 Å². The number of para-hydroxylation sites is 1. The Kier molecular flexibility index (Phi) is 8.18. The van der Waals surface area contributed by atoms with Gasteiger partial charge in [0.1, 0.15) is 5.60 Å². The molecular weight excluding hydrogens is 392 g/mol. The molecule has 2 N–H and O–H groups in total. The van der Waals surface area contributed by atoms with Crippen molar-refractivity contribution >= 4 is 17.7 Å². The zero-order valence-corrected chi connectivity index (χ0v) is 19.2. The van der Waals surface area contributed by atoms with Gasteiger partial charge in [-0.05, 0) is 77.1 Å². The number of piperidine rings is 1. The van der Waals surface area contributed by atoms with Crippen molar-refractivity contribution in [3.05, 3.63) is 30.3 Å². The molecule has 1 aromatic carbocycles. The van der Waals surface area contributed by atoms with Gasteiger partial charge >= 0.3 is 6.09 Å². The van der Waals surface area contributed by atoms with Gasteiger partial charge in [-0.25, -0.2) is 4.79 Å².